The molecule has 1 aromatic carbocycles. The molecule has 1 aliphatic carbocycles. The Bertz CT molecular complexity index is 441. The van der Waals surface area contributed by atoms with Crippen molar-refractivity contribution >= 4 is 11.4 Å². The molecule has 0 saturated heterocycles. The van der Waals surface area contributed by atoms with E-state index in [1.54, 1.807) is 6.07 Å². The number of nitro groups is 1. The summed E-state index contributed by atoms with van der Waals surface area (Å²) in [6, 6.07) is 5.72. The molecule has 1 fully saturated rings. The molecule has 0 aromatic heterocycles. The monoisotopic (exact) mass is 248 g/mol. The number of aryl methyl sites for hydroxylation is 1. The lowest BCUT2D eigenvalue weighted by Crippen LogP contribution is -2.19. The molecule has 1 atom stereocenters. The predicted molar refractivity (Wildman–Crippen MR) is 72.9 cm³/mol. The van der Waals surface area contributed by atoms with Gasteiger partial charge in [-0.2, -0.15) is 0 Å². The summed E-state index contributed by atoms with van der Waals surface area (Å²) in [7, 11) is 0. The van der Waals surface area contributed by atoms with Crippen LogP contribution in [0.1, 0.15) is 38.2 Å². The number of anilines is 1. The SMILES string of the molecule is CCC(CC1CC1)Nc1ccc(C)cc1[N+](=O)[O-]. The van der Waals surface area contributed by atoms with Crippen LogP contribution in [-0.2, 0) is 0 Å². The van der Waals surface area contributed by atoms with Crippen LogP contribution in [0, 0.1) is 23.0 Å². The summed E-state index contributed by atoms with van der Waals surface area (Å²) in [4.78, 5) is 10.7. The quantitative estimate of drug-likeness (QED) is 0.613. The summed E-state index contributed by atoms with van der Waals surface area (Å²) in [6.07, 6.45) is 4.76. The van der Waals surface area contributed by atoms with Gasteiger partial charge in [0.25, 0.3) is 5.69 Å². The normalized spacial score (nSPS) is 16.3. The third-order valence-electron chi connectivity index (χ3n) is 3.52. The Balaban J connectivity index is 2.13. The minimum atomic E-state index is -0.306. The van der Waals surface area contributed by atoms with Gasteiger partial charge in [-0.3, -0.25) is 10.1 Å². The molecular weight excluding hydrogens is 228 g/mol. The molecule has 0 heterocycles. The largest absolute Gasteiger partial charge is 0.377 e. The number of rotatable bonds is 6. The lowest BCUT2D eigenvalue weighted by Gasteiger charge is -2.18. The highest BCUT2D eigenvalue weighted by Gasteiger charge is 2.25. The van der Waals surface area contributed by atoms with Crippen molar-refractivity contribution in [3.05, 3.63) is 33.9 Å². The fraction of sp³-hybridized carbons (Fsp3) is 0.571. The van der Waals surface area contributed by atoms with Gasteiger partial charge in [0.05, 0.1) is 4.92 Å². The molecule has 2 rings (SSSR count). The van der Waals surface area contributed by atoms with E-state index in [2.05, 4.69) is 12.2 Å². The Morgan fingerprint density at radius 3 is 2.78 bits per heavy atom. The van der Waals surface area contributed by atoms with Crippen molar-refractivity contribution in [3.63, 3.8) is 0 Å². The van der Waals surface area contributed by atoms with E-state index in [1.807, 2.05) is 19.1 Å². The lowest BCUT2D eigenvalue weighted by molar-refractivity contribution is -0.384. The third kappa shape index (κ3) is 3.22. The first-order chi connectivity index (χ1) is 8.60. The van der Waals surface area contributed by atoms with E-state index in [4.69, 9.17) is 0 Å². The van der Waals surface area contributed by atoms with Crippen LogP contribution >= 0.6 is 0 Å². The van der Waals surface area contributed by atoms with Gasteiger partial charge in [0.2, 0.25) is 0 Å². The summed E-state index contributed by atoms with van der Waals surface area (Å²) in [5.41, 5.74) is 1.75. The van der Waals surface area contributed by atoms with Gasteiger partial charge in [0.15, 0.2) is 0 Å². The Morgan fingerprint density at radius 1 is 1.50 bits per heavy atom. The second-order valence-electron chi connectivity index (χ2n) is 5.21. The Labute approximate surface area is 108 Å². The van der Waals surface area contributed by atoms with Crippen LogP contribution in [0.5, 0.6) is 0 Å². The van der Waals surface area contributed by atoms with E-state index in [0.717, 1.165) is 24.3 Å². The van der Waals surface area contributed by atoms with Gasteiger partial charge in [-0.1, -0.05) is 25.8 Å². The Hall–Kier alpha value is -1.58. The van der Waals surface area contributed by atoms with E-state index in [9.17, 15) is 10.1 Å². The molecule has 18 heavy (non-hydrogen) atoms. The minimum absolute atomic E-state index is 0.184. The average molecular weight is 248 g/mol. The van der Waals surface area contributed by atoms with E-state index in [1.165, 1.54) is 12.8 Å². The molecule has 1 aliphatic rings. The highest BCUT2D eigenvalue weighted by Crippen LogP contribution is 2.35. The molecule has 1 unspecified atom stereocenters. The number of nitro benzene ring substituents is 1. The van der Waals surface area contributed by atoms with Crippen LogP contribution in [0.4, 0.5) is 11.4 Å². The second kappa shape index (κ2) is 5.38. The van der Waals surface area contributed by atoms with E-state index >= 15 is 0 Å². The van der Waals surface area contributed by atoms with Gasteiger partial charge >= 0.3 is 0 Å². The van der Waals surface area contributed by atoms with Crippen LogP contribution < -0.4 is 5.32 Å². The van der Waals surface area contributed by atoms with Crippen LogP contribution in [0.3, 0.4) is 0 Å². The highest BCUT2D eigenvalue weighted by molar-refractivity contribution is 5.62. The molecule has 1 saturated carbocycles. The first-order valence-electron chi connectivity index (χ1n) is 6.61. The minimum Gasteiger partial charge on any atom is -0.377 e. The van der Waals surface area contributed by atoms with E-state index in [-0.39, 0.29) is 10.6 Å². The van der Waals surface area contributed by atoms with Crippen molar-refractivity contribution in [2.45, 2.75) is 45.6 Å². The predicted octanol–water partition coefficient (Wildman–Crippen LogP) is 3.89. The molecule has 98 valence electrons. The zero-order valence-electron chi connectivity index (χ0n) is 11.0. The summed E-state index contributed by atoms with van der Waals surface area (Å²) in [5.74, 6) is 0.826. The Morgan fingerprint density at radius 2 is 2.22 bits per heavy atom. The van der Waals surface area contributed by atoms with Crippen LogP contribution in [0.2, 0.25) is 0 Å². The maximum Gasteiger partial charge on any atom is 0.292 e. The number of nitrogens with zero attached hydrogens (tertiary/aromatic N) is 1. The van der Waals surface area contributed by atoms with Crippen molar-refractivity contribution in [1.29, 1.82) is 0 Å². The third-order valence-corrected chi connectivity index (χ3v) is 3.52. The van der Waals surface area contributed by atoms with Crippen LogP contribution in [0.15, 0.2) is 18.2 Å². The summed E-state index contributed by atoms with van der Waals surface area (Å²) < 4.78 is 0. The summed E-state index contributed by atoms with van der Waals surface area (Å²) in [5, 5.41) is 14.4. The zero-order valence-corrected chi connectivity index (χ0v) is 11.0. The molecule has 0 radical (unpaired) electrons. The fourth-order valence-electron chi connectivity index (χ4n) is 2.22. The average Bonchev–Trinajstić information content (AvgIpc) is 3.14. The highest BCUT2D eigenvalue weighted by atomic mass is 16.6. The van der Waals surface area contributed by atoms with Crippen molar-refractivity contribution in [2.75, 3.05) is 5.32 Å². The topological polar surface area (TPSA) is 55.2 Å². The molecule has 4 heteroatoms. The van der Waals surface area contributed by atoms with Gasteiger partial charge in [-0.25, -0.2) is 0 Å². The van der Waals surface area contributed by atoms with Crippen molar-refractivity contribution in [1.82, 2.24) is 0 Å². The maximum atomic E-state index is 11.0. The fourth-order valence-corrected chi connectivity index (χ4v) is 2.22. The smallest absolute Gasteiger partial charge is 0.292 e. The molecule has 1 N–H and O–H groups in total. The molecule has 1 aromatic rings. The maximum absolute atomic E-state index is 11.0. The number of benzene rings is 1. The second-order valence-corrected chi connectivity index (χ2v) is 5.21. The molecule has 0 amide bonds. The van der Waals surface area contributed by atoms with Gasteiger partial charge in [0, 0.05) is 12.1 Å². The van der Waals surface area contributed by atoms with Gasteiger partial charge < -0.3 is 5.32 Å². The number of hydrogen-bond donors (Lipinski definition) is 1. The molecule has 0 bridgehead atoms. The van der Waals surface area contributed by atoms with Gasteiger partial charge in [-0.15, -0.1) is 0 Å². The standard InChI is InChI=1S/C14H20N2O2/c1-3-12(9-11-5-6-11)15-13-7-4-10(2)8-14(13)16(17)18/h4,7-8,11-12,15H,3,5-6,9H2,1-2H3. The van der Waals surface area contributed by atoms with Gasteiger partial charge in [-0.05, 0) is 37.3 Å². The van der Waals surface area contributed by atoms with Crippen LogP contribution in [-0.4, -0.2) is 11.0 Å². The molecule has 0 spiro atoms. The van der Waals surface area contributed by atoms with Crippen molar-refractivity contribution < 1.29 is 4.92 Å². The molecular formula is C14H20N2O2. The number of nitrogens with one attached hydrogen (secondary N) is 1. The Kier molecular flexibility index (Phi) is 3.84. The summed E-state index contributed by atoms with van der Waals surface area (Å²) >= 11 is 0. The van der Waals surface area contributed by atoms with E-state index in [0.29, 0.717) is 11.7 Å². The van der Waals surface area contributed by atoms with Crippen LogP contribution in [0.25, 0.3) is 0 Å². The zero-order chi connectivity index (χ0) is 13.1. The van der Waals surface area contributed by atoms with E-state index < -0.39 is 0 Å². The lowest BCUT2D eigenvalue weighted by atomic mass is 10.1. The first kappa shape index (κ1) is 12.9. The van der Waals surface area contributed by atoms with Crippen molar-refractivity contribution in [3.8, 4) is 0 Å². The van der Waals surface area contributed by atoms with Crippen molar-refractivity contribution in [2.24, 2.45) is 5.92 Å². The first-order valence-corrected chi connectivity index (χ1v) is 6.61. The number of hydrogen-bond acceptors (Lipinski definition) is 3. The van der Waals surface area contributed by atoms with Gasteiger partial charge in [0.1, 0.15) is 5.69 Å². The molecule has 0 aliphatic heterocycles. The molecule has 4 nitrogen and oxygen atoms in total. The summed E-state index contributed by atoms with van der Waals surface area (Å²) in [6.45, 7) is 4.00.